The highest BCUT2D eigenvalue weighted by Gasteiger charge is 2.35. The molecule has 1 aromatic heterocycles. The molecule has 3 rings (SSSR count). The van der Waals surface area contributed by atoms with Gasteiger partial charge in [-0.25, -0.2) is 9.78 Å². The number of thioether (sulfide) groups is 1. The van der Waals surface area contributed by atoms with Crippen LogP contribution in [0.3, 0.4) is 0 Å². The lowest BCUT2D eigenvalue weighted by Crippen LogP contribution is -2.49. The van der Waals surface area contributed by atoms with E-state index < -0.39 is 6.04 Å². The third-order valence-electron chi connectivity index (χ3n) is 3.96. The maximum atomic E-state index is 12.7. The molecule has 2 aromatic rings. The van der Waals surface area contributed by atoms with Gasteiger partial charge in [-0.3, -0.25) is 4.79 Å². The highest BCUT2D eigenvalue weighted by molar-refractivity contribution is 8.01. The molecule has 0 saturated heterocycles. The molecule has 1 atom stereocenters. The summed E-state index contributed by atoms with van der Waals surface area (Å²) in [5, 5.41) is 1.96. The lowest BCUT2D eigenvalue weighted by molar-refractivity contribution is -0.153. The van der Waals surface area contributed by atoms with Gasteiger partial charge in [0.2, 0.25) is 5.91 Å². The van der Waals surface area contributed by atoms with Gasteiger partial charge in [0.1, 0.15) is 6.04 Å². The van der Waals surface area contributed by atoms with Gasteiger partial charge in [-0.2, -0.15) is 0 Å². The summed E-state index contributed by atoms with van der Waals surface area (Å²) < 4.78 is 5.77. The number of hydrogen-bond acceptors (Lipinski definition) is 6. The zero-order valence-electron chi connectivity index (χ0n) is 13.5. The van der Waals surface area contributed by atoms with Crippen molar-refractivity contribution in [1.82, 2.24) is 9.88 Å². The molecule has 0 bridgehead atoms. The summed E-state index contributed by atoms with van der Waals surface area (Å²) in [5.41, 5.74) is 3.13. The average Bonchev–Trinajstić information content (AvgIpc) is 3.03. The smallest absolute Gasteiger partial charge is 0.328 e. The minimum absolute atomic E-state index is 0.0715. The van der Waals surface area contributed by atoms with E-state index in [4.69, 9.17) is 4.74 Å². The van der Waals surface area contributed by atoms with Gasteiger partial charge in [0.25, 0.3) is 0 Å². The summed E-state index contributed by atoms with van der Waals surface area (Å²) in [6.07, 6.45) is 0.496. The Balaban J connectivity index is 1.75. The van der Waals surface area contributed by atoms with Gasteiger partial charge in [0.15, 0.2) is 4.34 Å². The molecular weight excluding hydrogens is 344 g/mol. The molecule has 0 spiro atoms. The van der Waals surface area contributed by atoms with E-state index in [0.717, 1.165) is 21.2 Å². The van der Waals surface area contributed by atoms with Crippen LogP contribution in [0, 0.1) is 6.92 Å². The molecule has 1 aromatic carbocycles. The van der Waals surface area contributed by atoms with Crippen LogP contribution < -0.4 is 0 Å². The van der Waals surface area contributed by atoms with E-state index in [-0.39, 0.29) is 17.6 Å². The molecule has 0 N–H and O–H groups in total. The van der Waals surface area contributed by atoms with Gasteiger partial charge in [-0.05, 0) is 18.1 Å². The number of aryl methyl sites for hydroxylation is 1. The molecule has 7 heteroatoms. The Morgan fingerprint density at radius 3 is 2.79 bits per heavy atom. The second-order valence-electron chi connectivity index (χ2n) is 5.58. The van der Waals surface area contributed by atoms with Gasteiger partial charge < -0.3 is 9.64 Å². The summed E-state index contributed by atoms with van der Waals surface area (Å²) in [6, 6.07) is 7.34. The fourth-order valence-electron chi connectivity index (χ4n) is 2.74. The molecule has 5 nitrogen and oxygen atoms in total. The van der Waals surface area contributed by atoms with Gasteiger partial charge in [-0.15, -0.1) is 11.3 Å². The summed E-state index contributed by atoms with van der Waals surface area (Å²) in [4.78, 5) is 30.8. The number of rotatable bonds is 4. The Morgan fingerprint density at radius 1 is 1.38 bits per heavy atom. The number of benzene rings is 1. The van der Waals surface area contributed by atoms with Gasteiger partial charge >= 0.3 is 5.97 Å². The third-order valence-corrected chi connectivity index (χ3v) is 6.08. The quantitative estimate of drug-likeness (QED) is 0.618. The standard InChI is InChI=1S/C17H18N2O3S2/c1-11-9-23-17(18-11)24-10-15(20)19-8-13-6-4-3-5-12(13)7-14(19)16(21)22-2/h3-6,9,14H,7-8,10H2,1-2H3/t14-/m0/s1. The van der Waals surface area contributed by atoms with Crippen molar-refractivity contribution < 1.29 is 14.3 Å². The first-order valence-electron chi connectivity index (χ1n) is 7.57. The van der Waals surface area contributed by atoms with Crippen molar-refractivity contribution in [3.63, 3.8) is 0 Å². The van der Waals surface area contributed by atoms with E-state index in [1.165, 1.54) is 30.2 Å². The van der Waals surface area contributed by atoms with Crippen LogP contribution in [0.5, 0.6) is 0 Å². The largest absolute Gasteiger partial charge is 0.467 e. The molecule has 126 valence electrons. The summed E-state index contributed by atoms with van der Waals surface area (Å²) in [5.74, 6) is -0.173. The Labute approximate surface area is 149 Å². The molecule has 0 radical (unpaired) electrons. The highest BCUT2D eigenvalue weighted by Crippen LogP contribution is 2.27. The molecule has 24 heavy (non-hydrogen) atoms. The number of carbonyl (C=O) groups excluding carboxylic acids is 2. The highest BCUT2D eigenvalue weighted by atomic mass is 32.2. The van der Waals surface area contributed by atoms with Crippen molar-refractivity contribution in [2.24, 2.45) is 0 Å². The number of ether oxygens (including phenoxy) is 1. The molecule has 1 aliphatic rings. The van der Waals surface area contributed by atoms with Crippen LogP contribution in [0.2, 0.25) is 0 Å². The molecule has 0 aliphatic carbocycles. The number of thiazole rings is 1. The molecule has 0 unspecified atom stereocenters. The Hall–Kier alpha value is -1.86. The van der Waals surface area contributed by atoms with E-state index in [0.29, 0.717) is 13.0 Å². The zero-order valence-corrected chi connectivity index (χ0v) is 15.2. The number of methoxy groups -OCH3 is 1. The molecule has 1 aliphatic heterocycles. The number of carbonyl (C=O) groups is 2. The van der Waals surface area contributed by atoms with Crippen LogP contribution in [0.1, 0.15) is 16.8 Å². The van der Waals surface area contributed by atoms with Crippen LogP contribution >= 0.6 is 23.1 Å². The predicted molar refractivity (Wildman–Crippen MR) is 94.1 cm³/mol. The van der Waals surface area contributed by atoms with Crippen molar-refractivity contribution in [2.45, 2.75) is 30.3 Å². The maximum Gasteiger partial charge on any atom is 0.328 e. The molecule has 0 saturated carbocycles. The number of amides is 1. The van der Waals surface area contributed by atoms with Crippen LogP contribution in [0.25, 0.3) is 0 Å². The van der Waals surface area contributed by atoms with Crippen molar-refractivity contribution in [3.8, 4) is 0 Å². The SMILES string of the molecule is COC(=O)[C@@H]1Cc2ccccc2CN1C(=O)CSc1nc(C)cs1. The van der Waals surface area contributed by atoms with Crippen LogP contribution in [0.4, 0.5) is 0 Å². The van der Waals surface area contributed by atoms with Crippen molar-refractivity contribution >= 4 is 35.0 Å². The lowest BCUT2D eigenvalue weighted by Gasteiger charge is -2.35. The lowest BCUT2D eigenvalue weighted by atomic mass is 9.94. The number of aromatic nitrogens is 1. The summed E-state index contributed by atoms with van der Waals surface area (Å²) in [7, 11) is 1.36. The molecule has 0 fully saturated rings. The van der Waals surface area contributed by atoms with Gasteiger partial charge in [-0.1, -0.05) is 36.0 Å². The average molecular weight is 362 g/mol. The van der Waals surface area contributed by atoms with E-state index in [1.54, 1.807) is 4.90 Å². The maximum absolute atomic E-state index is 12.7. The zero-order chi connectivity index (χ0) is 17.1. The fourth-order valence-corrected chi connectivity index (χ4v) is 4.47. The van der Waals surface area contributed by atoms with E-state index in [2.05, 4.69) is 4.98 Å². The summed E-state index contributed by atoms with van der Waals surface area (Å²) >= 11 is 2.94. The molecular formula is C17H18N2O3S2. The Bertz CT molecular complexity index is 760. The van der Waals surface area contributed by atoms with Crippen molar-refractivity contribution in [3.05, 3.63) is 46.5 Å². The predicted octanol–water partition coefficient (Wildman–Crippen LogP) is 2.67. The monoisotopic (exact) mass is 362 g/mol. The molecule has 2 heterocycles. The van der Waals surface area contributed by atoms with Crippen molar-refractivity contribution in [1.29, 1.82) is 0 Å². The first-order chi connectivity index (χ1) is 11.6. The van der Waals surface area contributed by atoms with E-state index in [9.17, 15) is 9.59 Å². The fraction of sp³-hybridized carbons (Fsp3) is 0.353. The minimum atomic E-state index is -0.559. The van der Waals surface area contributed by atoms with E-state index in [1.807, 2.05) is 36.6 Å². The number of nitrogens with zero attached hydrogens (tertiary/aromatic N) is 2. The molecule has 1 amide bonds. The Morgan fingerprint density at radius 2 is 2.12 bits per heavy atom. The number of fused-ring (bicyclic) bond motifs is 1. The minimum Gasteiger partial charge on any atom is -0.467 e. The van der Waals surface area contributed by atoms with Gasteiger partial charge in [0, 0.05) is 24.0 Å². The first-order valence-corrected chi connectivity index (χ1v) is 9.44. The first kappa shape index (κ1) is 17.0. The number of esters is 1. The number of hydrogen-bond donors (Lipinski definition) is 0. The summed E-state index contributed by atoms with van der Waals surface area (Å²) in [6.45, 7) is 2.36. The van der Waals surface area contributed by atoms with Crippen LogP contribution in [0.15, 0.2) is 34.0 Å². The second-order valence-corrected chi connectivity index (χ2v) is 7.66. The second kappa shape index (κ2) is 7.36. The Kier molecular flexibility index (Phi) is 5.20. The normalized spacial score (nSPS) is 16.6. The van der Waals surface area contributed by atoms with Crippen molar-refractivity contribution in [2.75, 3.05) is 12.9 Å². The van der Waals surface area contributed by atoms with Crippen LogP contribution in [-0.2, 0) is 27.3 Å². The topological polar surface area (TPSA) is 59.5 Å². The third kappa shape index (κ3) is 3.62. The van der Waals surface area contributed by atoms with E-state index >= 15 is 0 Å². The van der Waals surface area contributed by atoms with Crippen LogP contribution in [-0.4, -0.2) is 40.7 Å². The van der Waals surface area contributed by atoms with Gasteiger partial charge in [0.05, 0.1) is 12.9 Å².